The molecular formula is C25H19ClN4OS. The lowest BCUT2D eigenvalue weighted by Gasteiger charge is -2.05. The van der Waals surface area contributed by atoms with Gasteiger partial charge in [-0.3, -0.25) is 14.9 Å². The van der Waals surface area contributed by atoms with Gasteiger partial charge in [0, 0.05) is 10.6 Å². The van der Waals surface area contributed by atoms with Gasteiger partial charge < -0.3 is 0 Å². The number of para-hydroxylation sites is 1. The minimum atomic E-state index is -0.184. The molecule has 0 aliphatic rings. The molecular weight excluding hydrogens is 440 g/mol. The molecule has 0 fully saturated rings. The summed E-state index contributed by atoms with van der Waals surface area (Å²) in [4.78, 5) is 23.0. The highest BCUT2D eigenvalue weighted by Gasteiger charge is 2.21. The molecule has 7 heteroatoms. The highest BCUT2D eigenvalue weighted by atomic mass is 35.5. The summed E-state index contributed by atoms with van der Waals surface area (Å²) in [5.74, 6) is 0. The van der Waals surface area contributed by atoms with Gasteiger partial charge in [-0.1, -0.05) is 65.4 Å². The Morgan fingerprint density at radius 3 is 2.56 bits per heavy atom. The van der Waals surface area contributed by atoms with Gasteiger partial charge in [0.2, 0.25) is 5.13 Å². The molecule has 0 aliphatic carbocycles. The summed E-state index contributed by atoms with van der Waals surface area (Å²) >= 11 is 7.56. The highest BCUT2D eigenvalue weighted by Crippen LogP contribution is 2.28. The zero-order valence-electron chi connectivity index (χ0n) is 17.5. The monoisotopic (exact) mass is 458 g/mol. The average molecular weight is 459 g/mol. The van der Waals surface area contributed by atoms with E-state index in [2.05, 4.69) is 10.1 Å². The summed E-state index contributed by atoms with van der Waals surface area (Å²) in [6, 6.07) is 23.2. The van der Waals surface area contributed by atoms with Crippen LogP contribution in [0.4, 0.5) is 5.69 Å². The summed E-state index contributed by atoms with van der Waals surface area (Å²) in [7, 11) is 0. The normalized spacial score (nSPS) is 11.9. The van der Waals surface area contributed by atoms with Gasteiger partial charge >= 0.3 is 0 Å². The van der Waals surface area contributed by atoms with Crippen LogP contribution in [0.2, 0.25) is 5.02 Å². The maximum Gasteiger partial charge on any atom is 0.283 e. The predicted molar refractivity (Wildman–Crippen MR) is 133 cm³/mol. The Labute approximate surface area is 193 Å². The van der Waals surface area contributed by atoms with E-state index in [-0.39, 0.29) is 5.56 Å². The van der Waals surface area contributed by atoms with Gasteiger partial charge in [0.15, 0.2) is 0 Å². The van der Waals surface area contributed by atoms with Gasteiger partial charge in [0.05, 0.1) is 32.9 Å². The van der Waals surface area contributed by atoms with Crippen LogP contribution in [-0.4, -0.2) is 20.5 Å². The molecule has 0 aliphatic heterocycles. The second kappa shape index (κ2) is 8.22. The smallest absolute Gasteiger partial charge is 0.283 e. The Bertz CT molecular complexity index is 1500. The van der Waals surface area contributed by atoms with E-state index in [1.807, 2.05) is 80.6 Å². The topological polar surface area (TPSA) is 63.0 Å². The Balaban J connectivity index is 1.72. The highest BCUT2D eigenvalue weighted by molar-refractivity contribution is 7.20. The lowest BCUT2D eigenvalue weighted by atomic mass is 10.1. The van der Waals surface area contributed by atoms with E-state index in [4.69, 9.17) is 16.6 Å². The number of fused-ring (bicyclic) bond motifs is 1. The van der Waals surface area contributed by atoms with Crippen LogP contribution in [0.15, 0.2) is 82.6 Å². The van der Waals surface area contributed by atoms with Crippen molar-refractivity contribution in [3.05, 3.63) is 99.3 Å². The number of H-pyrrole nitrogens is 1. The largest absolute Gasteiger partial charge is 0.288 e. The molecule has 2 aromatic heterocycles. The lowest BCUT2D eigenvalue weighted by molar-refractivity contribution is 0.845. The second-order valence-electron chi connectivity index (χ2n) is 7.46. The zero-order chi connectivity index (χ0) is 22.2. The van der Waals surface area contributed by atoms with Crippen molar-refractivity contribution in [2.24, 2.45) is 4.99 Å². The first-order chi connectivity index (χ1) is 15.5. The van der Waals surface area contributed by atoms with Crippen LogP contribution in [0, 0.1) is 6.92 Å². The van der Waals surface area contributed by atoms with Crippen LogP contribution >= 0.6 is 22.9 Å². The molecule has 0 saturated carbocycles. The molecule has 5 nitrogen and oxygen atoms in total. The van der Waals surface area contributed by atoms with Crippen LogP contribution in [0.3, 0.4) is 0 Å². The Kier molecular flexibility index (Phi) is 5.25. The molecule has 3 aromatic carbocycles. The number of nitrogens with zero attached hydrogens (tertiary/aromatic N) is 3. The Morgan fingerprint density at radius 2 is 1.81 bits per heavy atom. The molecule has 2 heterocycles. The van der Waals surface area contributed by atoms with Crippen LogP contribution in [0.1, 0.15) is 18.1 Å². The van der Waals surface area contributed by atoms with Crippen molar-refractivity contribution < 1.29 is 0 Å². The number of hydrogen-bond donors (Lipinski definition) is 1. The number of aliphatic imine (C=N–C) groups is 1. The van der Waals surface area contributed by atoms with Crippen molar-refractivity contribution in [2.45, 2.75) is 13.8 Å². The van der Waals surface area contributed by atoms with E-state index in [0.717, 1.165) is 27.0 Å². The van der Waals surface area contributed by atoms with Crippen LogP contribution < -0.4 is 5.56 Å². The number of aromatic amines is 1. The minimum Gasteiger partial charge on any atom is -0.288 e. The van der Waals surface area contributed by atoms with E-state index in [1.54, 1.807) is 6.07 Å². The summed E-state index contributed by atoms with van der Waals surface area (Å²) < 4.78 is 2.53. The maximum atomic E-state index is 13.6. The quantitative estimate of drug-likeness (QED) is 0.310. The van der Waals surface area contributed by atoms with Gasteiger partial charge in [-0.05, 0) is 49.7 Å². The summed E-state index contributed by atoms with van der Waals surface area (Å²) in [5.41, 5.74) is 5.15. The number of halogens is 1. The van der Waals surface area contributed by atoms with Crippen LogP contribution in [0.5, 0.6) is 0 Å². The Hall–Kier alpha value is -3.48. The number of aromatic nitrogens is 3. The van der Waals surface area contributed by atoms with Crippen molar-refractivity contribution in [3.8, 4) is 16.4 Å². The SMILES string of the molecule is CC(=Nc1ccc(Cl)cc1C)c1c(-c2ccccc2)[nH]n(-c2nc3ccccc3s2)c1=O. The number of thiazole rings is 1. The summed E-state index contributed by atoms with van der Waals surface area (Å²) in [5, 5.41) is 4.53. The fraction of sp³-hybridized carbons (Fsp3) is 0.0800. The molecule has 5 rings (SSSR count). The summed E-state index contributed by atoms with van der Waals surface area (Å²) in [6.07, 6.45) is 0. The van der Waals surface area contributed by atoms with Crippen LogP contribution in [-0.2, 0) is 0 Å². The zero-order valence-corrected chi connectivity index (χ0v) is 19.0. The van der Waals surface area contributed by atoms with Gasteiger partial charge in [-0.2, -0.15) is 4.68 Å². The molecule has 5 aromatic rings. The van der Waals surface area contributed by atoms with Crippen molar-refractivity contribution in [1.82, 2.24) is 14.8 Å². The molecule has 0 radical (unpaired) electrons. The number of rotatable bonds is 4. The molecule has 0 atom stereocenters. The van der Waals surface area contributed by atoms with Crippen molar-refractivity contribution in [1.29, 1.82) is 0 Å². The fourth-order valence-electron chi connectivity index (χ4n) is 3.66. The third-order valence-corrected chi connectivity index (χ3v) is 6.49. The average Bonchev–Trinajstić information content (AvgIpc) is 3.37. The third-order valence-electron chi connectivity index (χ3n) is 5.24. The number of hydrogen-bond acceptors (Lipinski definition) is 4. The maximum absolute atomic E-state index is 13.6. The first kappa shape index (κ1) is 20.4. The van der Waals surface area contributed by atoms with Gasteiger partial charge in [-0.15, -0.1) is 0 Å². The van der Waals surface area contributed by atoms with Crippen LogP contribution in [0.25, 0.3) is 26.6 Å². The van der Waals surface area contributed by atoms with E-state index >= 15 is 0 Å². The van der Waals surface area contributed by atoms with Crippen molar-refractivity contribution in [3.63, 3.8) is 0 Å². The Morgan fingerprint density at radius 1 is 1.06 bits per heavy atom. The molecule has 0 saturated heterocycles. The molecule has 158 valence electrons. The first-order valence-electron chi connectivity index (χ1n) is 10.1. The van der Waals surface area contributed by atoms with E-state index in [0.29, 0.717) is 27.1 Å². The van der Waals surface area contributed by atoms with Gasteiger partial charge in [0.25, 0.3) is 5.56 Å². The molecule has 0 amide bonds. The number of benzene rings is 3. The third kappa shape index (κ3) is 3.68. The van der Waals surface area contributed by atoms with E-state index in [9.17, 15) is 4.79 Å². The first-order valence-corrected chi connectivity index (χ1v) is 11.3. The number of nitrogens with one attached hydrogen (secondary N) is 1. The van der Waals surface area contributed by atoms with Crippen molar-refractivity contribution >= 4 is 44.6 Å². The molecule has 0 unspecified atom stereocenters. The lowest BCUT2D eigenvalue weighted by Crippen LogP contribution is -2.19. The molecule has 0 spiro atoms. The molecule has 0 bridgehead atoms. The predicted octanol–water partition coefficient (Wildman–Crippen LogP) is 6.54. The molecule has 1 N–H and O–H groups in total. The minimum absolute atomic E-state index is 0.184. The number of aryl methyl sites for hydroxylation is 1. The van der Waals surface area contributed by atoms with Crippen molar-refractivity contribution in [2.75, 3.05) is 0 Å². The summed E-state index contributed by atoms with van der Waals surface area (Å²) in [6.45, 7) is 3.81. The standard InChI is InChI=1S/C25H19ClN4OS/c1-15-14-18(26)12-13-19(15)27-16(2)22-23(17-8-4-3-5-9-17)29-30(24(22)31)25-28-20-10-6-7-11-21(20)32-25/h3-14,29H,1-2H3. The fourth-order valence-corrected chi connectivity index (χ4v) is 4.81. The van der Waals surface area contributed by atoms with E-state index < -0.39 is 0 Å². The van der Waals surface area contributed by atoms with E-state index in [1.165, 1.54) is 16.0 Å². The van der Waals surface area contributed by atoms with Gasteiger partial charge in [-0.25, -0.2) is 4.98 Å². The second-order valence-corrected chi connectivity index (χ2v) is 8.91. The van der Waals surface area contributed by atoms with Gasteiger partial charge in [0.1, 0.15) is 0 Å². The molecule has 32 heavy (non-hydrogen) atoms.